The first-order valence-corrected chi connectivity index (χ1v) is 6.59. The van der Waals surface area contributed by atoms with Crippen LogP contribution in [0, 0.1) is 0 Å². The molecule has 0 fully saturated rings. The van der Waals surface area contributed by atoms with Crippen LogP contribution < -0.4 is 10.9 Å². The Morgan fingerprint density at radius 2 is 2.15 bits per heavy atom. The summed E-state index contributed by atoms with van der Waals surface area (Å²) in [7, 11) is 0. The van der Waals surface area contributed by atoms with E-state index in [1.807, 2.05) is 0 Å². The first-order valence-electron chi connectivity index (χ1n) is 6.59. The van der Waals surface area contributed by atoms with Gasteiger partial charge in [0.1, 0.15) is 11.2 Å². The monoisotopic (exact) mass is 275 g/mol. The molecule has 0 saturated carbocycles. The number of amides is 1. The zero-order valence-electron chi connectivity index (χ0n) is 11.1. The lowest BCUT2D eigenvalue weighted by molar-refractivity contribution is 0.0951. The number of hydrogen-bond donors (Lipinski definition) is 2. The Labute approximate surface area is 116 Å². The van der Waals surface area contributed by atoms with Crippen molar-refractivity contribution in [2.24, 2.45) is 0 Å². The number of aromatic nitrogens is 2. The lowest BCUT2D eigenvalue weighted by Gasteiger charge is -2.05. The summed E-state index contributed by atoms with van der Waals surface area (Å²) in [6.45, 7) is 0.639. The van der Waals surface area contributed by atoms with Gasteiger partial charge in [-0.3, -0.25) is 14.0 Å². The maximum absolute atomic E-state index is 12.1. The third kappa shape index (κ3) is 3.21. The molecule has 1 amide bonds. The molecule has 2 heterocycles. The average Bonchev–Trinajstić information content (AvgIpc) is 2.47. The third-order valence-electron chi connectivity index (χ3n) is 2.98. The number of rotatable bonds is 6. The van der Waals surface area contributed by atoms with Gasteiger partial charge in [-0.2, -0.15) is 0 Å². The predicted molar refractivity (Wildman–Crippen MR) is 74.7 cm³/mol. The van der Waals surface area contributed by atoms with Gasteiger partial charge >= 0.3 is 0 Å². The molecule has 0 spiro atoms. The van der Waals surface area contributed by atoms with Gasteiger partial charge in [0.25, 0.3) is 11.5 Å². The molecule has 20 heavy (non-hydrogen) atoms. The Morgan fingerprint density at radius 1 is 1.30 bits per heavy atom. The minimum Gasteiger partial charge on any atom is -0.396 e. The van der Waals surface area contributed by atoms with Crippen LogP contribution in [-0.2, 0) is 0 Å². The van der Waals surface area contributed by atoms with E-state index in [1.165, 1.54) is 10.6 Å². The number of hydrogen-bond acceptors (Lipinski definition) is 4. The number of aliphatic hydroxyl groups excluding tert-OH is 1. The molecular weight excluding hydrogens is 258 g/mol. The van der Waals surface area contributed by atoms with Crippen LogP contribution in [0.25, 0.3) is 5.65 Å². The van der Waals surface area contributed by atoms with Gasteiger partial charge in [0, 0.05) is 25.5 Å². The molecule has 6 nitrogen and oxygen atoms in total. The highest BCUT2D eigenvalue weighted by molar-refractivity contribution is 5.93. The molecule has 2 N–H and O–H groups in total. The van der Waals surface area contributed by atoms with Gasteiger partial charge in [-0.1, -0.05) is 6.07 Å². The van der Waals surface area contributed by atoms with Crippen LogP contribution in [0.4, 0.5) is 0 Å². The number of fused-ring (bicyclic) bond motifs is 1. The molecule has 0 aromatic carbocycles. The number of aliphatic hydroxyl groups is 1. The van der Waals surface area contributed by atoms with E-state index in [2.05, 4.69) is 10.3 Å². The molecule has 0 aliphatic heterocycles. The Balaban J connectivity index is 2.07. The molecule has 0 saturated heterocycles. The van der Waals surface area contributed by atoms with E-state index in [-0.39, 0.29) is 17.7 Å². The number of pyridine rings is 1. The summed E-state index contributed by atoms with van der Waals surface area (Å²) in [5.41, 5.74) is 0.177. The first-order chi connectivity index (χ1) is 9.74. The molecule has 0 radical (unpaired) electrons. The number of nitrogens with one attached hydrogen (secondary N) is 1. The van der Waals surface area contributed by atoms with Crippen molar-refractivity contribution in [1.82, 2.24) is 14.7 Å². The van der Waals surface area contributed by atoms with Crippen LogP contribution in [0.3, 0.4) is 0 Å². The Bertz CT molecular complexity index is 651. The Morgan fingerprint density at radius 3 is 2.95 bits per heavy atom. The normalized spacial score (nSPS) is 10.7. The van der Waals surface area contributed by atoms with E-state index in [0.717, 1.165) is 19.3 Å². The highest BCUT2D eigenvalue weighted by Crippen LogP contribution is 1.98. The maximum atomic E-state index is 12.1. The summed E-state index contributed by atoms with van der Waals surface area (Å²) in [5.74, 6) is -0.412. The second kappa shape index (κ2) is 6.81. The highest BCUT2D eigenvalue weighted by Gasteiger charge is 2.12. The molecule has 0 atom stereocenters. The third-order valence-corrected chi connectivity index (χ3v) is 2.98. The Kier molecular flexibility index (Phi) is 4.84. The molecule has 0 aliphatic carbocycles. The topological polar surface area (TPSA) is 83.7 Å². The van der Waals surface area contributed by atoms with Crippen molar-refractivity contribution in [3.05, 3.63) is 46.5 Å². The van der Waals surface area contributed by atoms with Gasteiger partial charge in [-0.05, 0) is 31.4 Å². The SMILES string of the molecule is O=C(NCCCCCO)c1cnc2ccccn2c1=O. The molecule has 2 aromatic rings. The van der Waals surface area contributed by atoms with E-state index in [4.69, 9.17) is 5.11 Å². The fraction of sp³-hybridized carbons (Fsp3) is 0.357. The molecule has 2 rings (SSSR count). The smallest absolute Gasteiger partial charge is 0.270 e. The summed E-state index contributed by atoms with van der Waals surface area (Å²) < 4.78 is 1.35. The fourth-order valence-electron chi connectivity index (χ4n) is 1.89. The molecule has 0 bridgehead atoms. The lowest BCUT2D eigenvalue weighted by Crippen LogP contribution is -2.32. The number of carbonyl (C=O) groups excluding carboxylic acids is 1. The minimum atomic E-state index is -0.412. The maximum Gasteiger partial charge on any atom is 0.270 e. The van der Waals surface area contributed by atoms with Crippen molar-refractivity contribution < 1.29 is 9.90 Å². The van der Waals surface area contributed by atoms with Crippen LogP contribution in [0.5, 0.6) is 0 Å². The molecule has 0 unspecified atom stereocenters. The number of nitrogens with zero attached hydrogens (tertiary/aromatic N) is 2. The van der Waals surface area contributed by atoms with Crippen molar-refractivity contribution in [1.29, 1.82) is 0 Å². The summed E-state index contributed by atoms with van der Waals surface area (Å²) in [6, 6.07) is 5.20. The van der Waals surface area contributed by atoms with Crippen LogP contribution in [-0.4, -0.2) is 33.6 Å². The molecular formula is C14H17N3O3. The van der Waals surface area contributed by atoms with Gasteiger partial charge < -0.3 is 10.4 Å². The van der Waals surface area contributed by atoms with E-state index >= 15 is 0 Å². The van der Waals surface area contributed by atoms with Gasteiger partial charge in [0.15, 0.2) is 0 Å². The quantitative estimate of drug-likeness (QED) is 0.756. The van der Waals surface area contributed by atoms with Crippen molar-refractivity contribution >= 4 is 11.6 Å². The van der Waals surface area contributed by atoms with Crippen molar-refractivity contribution in [3.8, 4) is 0 Å². The second-order valence-electron chi connectivity index (χ2n) is 4.45. The second-order valence-corrected chi connectivity index (χ2v) is 4.45. The summed E-state index contributed by atoms with van der Waals surface area (Å²) in [4.78, 5) is 28.2. The molecule has 6 heteroatoms. The van der Waals surface area contributed by atoms with E-state index in [1.54, 1.807) is 24.4 Å². The van der Waals surface area contributed by atoms with Crippen LogP contribution >= 0.6 is 0 Å². The fourth-order valence-corrected chi connectivity index (χ4v) is 1.89. The van der Waals surface area contributed by atoms with Crippen LogP contribution in [0.1, 0.15) is 29.6 Å². The predicted octanol–water partition coefficient (Wildman–Crippen LogP) is 0.587. The van der Waals surface area contributed by atoms with Crippen LogP contribution in [0.2, 0.25) is 0 Å². The molecule has 0 aliphatic rings. The van der Waals surface area contributed by atoms with Crippen molar-refractivity contribution in [2.75, 3.05) is 13.2 Å². The number of unbranched alkanes of at least 4 members (excludes halogenated alkanes) is 2. The zero-order valence-corrected chi connectivity index (χ0v) is 11.1. The zero-order chi connectivity index (χ0) is 14.4. The minimum absolute atomic E-state index is 0.0378. The summed E-state index contributed by atoms with van der Waals surface area (Å²) >= 11 is 0. The van der Waals surface area contributed by atoms with Crippen LogP contribution in [0.15, 0.2) is 35.4 Å². The van der Waals surface area contributed by atoms with Crippen molar-refractivity contribution in [2.45, 2.75) is 19.3 Å². The van der Waals surface area contributed by atoms with E-state index in [0.29, 0.717) is 12.2 Å². The van der Waals surface area contributed by atoms with Gasteiger partial charge in [-0.25, -0.2) is 4.98 Å². The van der Waals surface area contributed by atoms with Gasteiger partial charge in [0.05, 0.1) is 0 Å². The summed E-state index contributed by atoms with van der Waals surface area (Å²) in [6.07, 6.45) is 5.22. The highest BCUT2D eigenvalue weighted by atomic mass is 16.3. The standard InChI is InChI=1S/C14H17N3O3/c18-9-5-1-3-7-15-13(19)11-10-16-12-6-2-4-8-17(12)14(11)20/h2,4,6,8,10,18H,1,3,5,7,9H2,(H,15,19). The first kappa shape index (κ1) is 14.2. The van der Waals surface area contributed by atoms with E-state index in [9.17, 15) is 9.59 Å². The number of carbonyl (C=O) groups is 1. The van der Waals surface area contributed by atoms with Crippen molar-refractivity contribution in [3.63, 3.8) is 0 Å². The molecule has 106 valence electrons. The lowest BCUT2D eigenvalue weighted by atomic mass is 10.2. The average molecular weight is 275 g/mol. The van der Waals surface area contributed by atoms with E-state index < -0.39 is 5.91 Å². The van der Waals surface area contributed by atoms with Gasteiger partial charge in [-0.15, -0.1) is 0 Å². The summed E-state index contributed by atoms with van der Waals surface area (Å²) in [5, 5.41) is 11.3. The van der Waals surface area contributed by atoms with Gasteiger partial charge in [0.2, 0.25) is 0 Å². The Hall–Kier alpha value is -2.21. The largest absolute Gasteiger partial charge is 0.396 e. The molecule has 2 aromatic heterocycles.